The Bertz CT molecular complexity index is 413. The minimum Gasteiger partial charge on any atom is -0.393 e. The molecule has 0 amide bonds. The molecule has 0 saturated carbocycles. The van der Waals surface area contributed by atoms with Gasteiger partial charge in [0, 0.05) is 11.0 Å². The van der Waals surface area contributed by atoms with E-state index in [0.29, 0.717) is 15.7 Å². The van der Waals surface area contributed by atoms with Gasteiger partial charge in [-0.15, -0.1) is 0 Å². The van der Waals surface area contributed by atoms with Crippen LogP contribution < -0.4 is 5.32 Å². The van der Waals surface area contributed by atoms with Gasteiger partial charge in [-0.05, 0) is 35.0 Å². The molecule has 86 valence electrons. The van der Waals surface area contributed by atoms with Gasteiger partial charge >= 0.3 is 0 Å². The Morgan fingerprint density at radius 2 is 2.25 bits per heavy atom. The molecule has 0 aliphatic carbocycles. The minimum atomic E-state index is -1.20. The average molecular weight is 285 g/mol. The molecular weight excluding hydrogens is 272 g/mol. The second-order valence-corrected chi connectivity index (χ2v) is 4.64. The fourth-order valence-electron chi connectivity index (χ4n) is 1.13. The van der Waals surface area contributed by atoms with Crippen LogP contribution in [0.5, 0.6) is 0 Å². The highest BCUT2D eigenvalue weighted by molar-refractivity contribution is 9.10. The molecule has 0 saturated heterocycles. The molecule has 5 heteroatoms. The number of anilines is 1. The lowest BCUT2D eigenvalue weighted by atomic mass is 10.1. The van der Waals surface area contributed by atoms with Gasteiger partial charge in [0.25, 0.3) is 0 Å². The van der Waals surface area contributed by atoms with Crippen LogP contribution in [0.2, 0.25) is 0 Å². The lowest BCUT2D eigenvalue weighted by molar-refractivity contribution is 0.0132. The van der Waals surface area contributed by atoms with E-state index in [2.05, 4.69) is 27.3 Å². The smallest absolute Gasteiger partial charge is 0.103 e. The Labute approximate surface area is 103 Å². The molecule has 3 N–H and O–H groups in total. The number of hydrogen-bond acceptors (Lipinski definition) is 4. The van der Waals surface area contributed by atoms with Crippen molar-refractivity contribution < 1.29 is 10.2 Å². The van der Waals surface area contributed by atoms with E-state index in [1.165, 1.54) is 6.92 Å². The molecule has 1 atom stereocenters. The molecule has 0 spiro atoms. The van der Waals surface area contributed by atoms with E-state index in [1.807, 2.05) is 0 Å². The zero-order valence-corrected chi connectivity index (χ0v) is 10.5. The van der Waals surface area contributed by atoms with Crippen molar-refractivity contribution >= 4 is 21.6 Å². The molecule has 0 fully saturated rings. The number of nitriles is 1. The van der Waals surface area contributed by atoms with Gasteiger partial charge in [0.1, 0.15) is 11.7 Å². The fourth-order valence-corrected chi connectivity index (χ4v) is 1.58. The molecule has 1 aromatic carbocycles. The number of benzene rings is 1. The second kappa shape index (κ2) is 5.30. The van der Waals surface area contributed by atoms with Crippen LogP contribution >= 0.6 is 15.9 Å². The third-order valence-electron chi connectivity index (χ3n) is 2.13. The summed E-state index contributed by atoms with van der Waals surface area (Å²) in [7, 11) is 0. The Morgan fingerprint density at radius 1 is 1.56 bits per heavy atom. The van der Waals surface area contributed by atoms with Crippen molar-refractivity contribution in [1.82, 2.24) is 0 Å². The van der Waals surface area contributed by atoms with Crippen LogP contribution in [-0.4, -0.2) is 29.0 Å². The summed E-state index contributed by atoms with van der Waals surface area (Å²) in [5.74, 6) is 0. The van der Waals surface area contributed by atoms with Crippen molar-refractivity contribution in [1.29, 1.82) is 5.26 Å². The van der Waals surface area contributed by atoms with Crippen LogP contribution in [0.25, 0.3) is 0 Å². The molecule has 0 aliphatic heterocycles. The quantitative estimate of drug-likeness (QED) is 0.783. The number of rotatable bonds is 4. The highest BCUT2D eigenvalue weighted by atomic mass is 79.9. The molecular formula is C11H13BrN2O2. The number of nitrogens with zero attached hydrogens (tertiary/aromatic N) is 1. The van der Waals surface area contributed by atoms with Gasteiger partial charge in [-0.2, -0.15) is 5.26 Å². The predicted molar refractivity (Wildman–Crippen MR) is 65.1 cm³/mol. The topological polar surface area (TPSA) is 76.3 Å². The minimum absolute atomic E-state index is 0.175. The summed E-state index contributed by atoms with van der Waals surface area (Å²) in [5.41, 5.74) is -0.0865. The normalized spacial score (nSPS) is 13.9. The molecule has 1 rings (SSSR count). The molecule has 0 aliphatic rings. The SMILES string of the molecule is CC(O)(CO)CNc1cccc(Br)c1C#N. The first kappa shape index (κ1) is 13.0. The predicted octanol–water partition coefficient (Wildman–Crippen LogP) is 1.48. The van der Waals surface area contributed by atoms with Gasteiger partial charge in [0.15, 0.2) is 0 Å². The van der Waals surface area contributed by atoms with Crippen molar-refractivity contribution in [3.8, 4) is 6.07 Å². The Kier molecular flexibility index (Phi) is 4.30. The average Bonchev–Trinajstić information content (AvgIpc) is 2.26. The first-order chi connectivity index (χ1) is 7.50. The van der Waals surface area contributed by atoms with Crippen molar-refractivity contribution in [2.24, 2.45) is 0 Å². The van der Waals surface area contributed by atoms with Gasteiger partial charge in [0.05, 0.1) is 17.9 Å². The molecule has 1 aromatic rings. The summed E-state index contributed by atoms with van der Waals surface area (Å²) in [6.45, 7) is 1.36. The van der Waals surface area contributed by atoms with Crippen molar-refractivity contribution in [2.45, 2.75) is 12.5 Å². The summed E-state index contributed by atoms with van der Waals surface area (Å²) in [6.07, 6.45) is 0. The lowest BCUT2D eigenvalue weighted by Crippen LogP contribution is -2.37. The van der Waals surface area contributed by atoms with E-state index in [1.54, 1.807) is 18.2 Å². The first-order valence-corrected chi connectivity index (χ1v) is 5.55. The summed E-state index contributed by atoms with van der Waals surface area (Å²) >= 11 is 3.27. The van der Waals surface area contributed by atoms with E-state index in [4.69, 9.17) is 10.4 Å². The summed E-state index contributed by atoms with van der Waals surface area (Å²) < 4.78 is 0.698. The van der Waals surface area contributed by atoms with Gasteiger partial charge in [0.2, 0.25) is 0 Å². The highest BCUT2D eigenvalue weighted by Crippen LogP contribution is 2.24. The van der Waals surface area contributed by atoms with Crippen LogP contribution in [-0.2, 0) is 0 Å². The third-order valence-corrected chi connectivity index (χ3v) is 2.79. The molecule has 0 radical (unpaired) electrons. The maximum absolute atomic E-state index is 9.61. The third kappa shape index (κ3) is 3.20. The molecule has 0 heterocycles. The van der Waals surface area contributed by atoms with E-state index in [-0.39, 0.29) is 13.2 Å². The van der Waals surface area contributed by atoms with Gasteiger partial charge in [-0.3, -0.25) is 0 Å². The monoisotopic (exact) mass is 284 g/mol. The van der Waals surface area contributed by atoms with Gasteiger partial charge < -0.3 is 15.5 Å². The number of halogens is 1. The Balaban J connectivity index is 2.83. The zero-order chi connectivity index (χ0) is 12.2. The molecule has 4 nitrogen and oxygen atoms in total. The highest BCUT2D eigenvalue weighted by Gasteiger charge is 2.19. The van der Waals surface area contributed by atoms with Gasteiger partial charge in [-0.1, -0.05) is 6.07 Å². The fraction of sp³-hybridized carbons (Fsp3) is 0.364. The number of aliphatic hydroxyl groups is 2. The maximum atomic E-state index is 9.61. The molecule has 0 aromatic heterocycles. The second-order valence-electron chi connectivity index (χ2n) is 3.78. The number of aliphatic hydroxyl groups excluding tert-OH is 1. The van der Waals surface area contributed by atoms with Gasteiger partial charge in [-0.25, -0.2) is 0 Å². The standard InChI is InChI=1S/C11H13BrN2O2/c1-11(16,7-15)6-14-10-4-2-3-9(12)8(10)5-13/h2-4,14-16H,6-7H2,1H3. The molecule has 0 bridgehead atoms. The largest absolute Gasteiger partial charge is 0.393 e. The van der Waals surface area contributed by atoms with E-state index < -0.39 is 5.60 Å². The van der Waals surface area contributed by atoms with E-state index in [0.717, 1.165) is 0 Å². The zero-order valence-electron chi connectivity index (χ0n) is 8.87. The summed E-state index contributed by atoms with van der Waals surface area (Å²) in [5, 5.41) is 30.4. The van der Waals surface area contributed by atoms with Crippen LogP contribution in [0.4, 0.5) is 5.69 Å². The van der Waals surface area contributed by atoms with Crippen LogP contribution in [0.1, 0.15) is 12.5 Å². The van der Waals surface area contributed by atoms with Crippen LogP contribution in [0, 0.1) is 11.3 Å². The number of hydrogen-bond donors (Lipinski definition) is 3. The Hall–Kier alpha value is -1.09. The van der Waals surface area contributed by atoms with E-state index >= 15 is 0 Å². The van der Waals surface area contributed by atoms with Crippen LogP contribution in [0.15, 0.2) is 22.7 Å². The van der Waals surface area contributed by atoms with Crippen molar-refractivity contribution in [3.63, 3.8) is 0 Å². The van der Waals surface area contributed by atoms with Crippen LogP contribution in [0.3, 0.4) is 0 Å². The molecule has 1 unspecified atom stereocenters. The molecule has 16 heavy (non-hydrogen) atoms. The van der Waals surface area contributed by atoms with Crippen molar-refractivity contribution in [3.05, 3.63) is 28.2 Å². The maximum Gasteiger partial charge on any atom is 0.103 e. The summed E-state index contributed by atoms with van der Waals surface area (Å²) in [4.78, 5) is 0. The van der Waals surface area contributed by atoms with E-state index in [9.17, 15) is 5.11 Å². The Morgan fingerprint density at radius 3 is 2.81 bits per heavy atom. The summed E-state index contributed by atoms with van der Waals surface area (Å²) in [6, 6.07) is 7.38. The lowest BCUT2D eigenvalue weighted by Gasteiger charge is -2.21. The first-order valence-electron chi connectivity index (χ1n) is 4.76. The number of nitrogens with one attached hydrogen (secondary N) is 1. The van der Waals surface area contributed by atoms with Crippen molar-refractivity contribution in [2.75, 3.05) is 18.5 Å².